The molecule has 1 aromatic carbocycles. The van der Waals surface area contributed by atoms with Gasteiger partial charge in [0, 0.05) is 23.0 Å². The van der Waals surface area contributed by atoms with E-state index in [1.165, 1.54) is 29.4 Å². The van der Waals surface area contributed by atoms with Crippen molar-refractivity contribution in [2.75, 3.05) is 10.2 Å². The third-order valence-electron chi connectivity index (χ3n) is 3.97. The summed E-state index contributed by atoms with van der Waals surface area (Å²) in [7, 11) is 0. The molecule has 160 valence electrons. The summed E-state index contributed by atoms with van der Waals surface area (Å²) in [5.41, 5.74) is 0.246. The first-order valence-electron chi connectivity index (χ1n) is 9.16. The summed E-state index contributed by atoms with van der Waals surface area (Å²) in [6.07, 6.45) is 3.54. The zero-order valence-electron chi connectivity index (χ0n) is 16.9. The molecule has 0 radical (unpaired) electrons. The van der Waals surface area contributed by atoms with E-state index >= 15 is 0 Å². The third-order valence-corrected chi connectivity index (χ3v) is 4.51. The number of ether oxygens (including phenoxy) is 1. The van der Waals surface area contributed by atoms with Crippen molar-refractivity contribution in [1.82, 2.24) is 10.3 Å². The van der Waals surface area contributed by atoms with Crippen molar-refractivity contribution >= 4 is 64.3 Å². The minimum Gasteiger partial charge on any atom is -0.444 e. The molecule has 10 heteroatoms. The van der Waals surface area contributed by atoms with Crippen LogP contribution in [-0.4, -0.2) is 33.6 Å². The van der Waals surface area contributed by atoms with Gasteiger partial charge in [0.05, 0.1) is 11.4 Å². The van der Waals surface area contributed by atoms with E-state index in [1.54, 1.807) is 45.0 Å². The molecule has 0 bridgehead atoms. The van der Waals surface area contributed by atoms with E-state index in [0.717, 1.165) is 0 Å². The highest BCUT2D eigenvalue weighted by atomic mass is 35.5. The lowest BCUT2D eigenvalue weighted by molar-refractivity contribution is -0.122. The SMILES string of the molecule is CC(C)(C)OC(=O)Nc1ccncc1C=C1C(=O)NC(=S)N(c2ccc(Cl)cc2)C1=O. The average Bonchev–Trinajstić information content (AvgIpc) is 2.66. The molecule has 1 saturated heterocycles. The molecule has 2 heterocycles. The first kappa shape index (κ1) is 22.4. The Balaban J connectivity index is 1.94. The topological polar surface area (TPSA) is 101 Å². The number of hydrogen-bond acceptors (Lipinski definition) is 6. The van der Waals surface area contributed by atoms with Crippen LogP contribution in [0, 0.1) is 0 Å². The molecular weight excluding hydrogens is 440 g/mol. The van der Waals surface area contributed by atoms with E-state index in [9.17, 15) is 14.4 Å². The number of hydrogen-bond donors (Lipinski definition) is 2. The van der Waals surface area contributed by atoms with Crippen molar-refractivity contribution < 1.29 is 19.1 Å². The highest BCUT2D eigenvalue weighted by Gasteiger charge is 2.34. The van der Waals surface area contributed by atoms with Crippen LogP contribution < -0.4 is 15.5 Å². The Labute approximate surface area is 189 Å². The van der Waals surface area contributed by atoms with Gasteiger partial charge in [-0.25, -0.2) is 4.79 Å². The van der Waals surface area contributed by atoms with Crippen LogP contribution in [0.15, 0.2) is 48.3 Å². The molecule has 2 N–H and O–H groups in total. The molecule has 1 fully saturated rings. The lowest BCUT2D eigenvalue weighted by atomic mass is 10.1. The van der Waals surface area contributed by atoms with Crippen LogP contribution in [0.25, 0.3) is 6.08 Å². The average molecular weight is 459 g/mol. The van der Waals surface area contributed by atoms with E-state index in [0.29, 0.717) is 22.0 Å². The van der Waals surface area contributed by atoms with Gasteiger partial charge >= 0.3 is 6.09 Å². The van der Waals surface area contributed by atoms with Gasteiger partial charge in [0.15, 0.2) is 5.11 Å². The fourth-order valence-electron chi connectivity index (χ4n) is 2.69. The second-order valence-electron chi connectivity index (χ2n) is 7.52. The van der Waals surface area contributed by atoms with Gasteiger partial charge in [0.1, 0.15) is 11.2 Å². The second-order valence-corrected chi connectivity index (χ2v) is 8.35. The van der Waals surface area contributed by atoms with Crippen molar-refractivity contribution in [3.05, 3.63) is 58.9 Å². The number of thiocarbonyl (C=S) groups is 1. The highest BCUT2D eigenvalue weighted by molar-refractivity contribution is 7.80. The fraction of sp³-hybridized carbons (Fsp3) is 0.190. The summed E-state index contributed by atoms with van der Waals surface area (Å²) in [5, 5.41) is 5.54. The summed E-state index contributed by atoms with van der Waals surface area (Å²) < 4.78 is 5.25. The van der Waals surface area contributed by atoms with Crippen molar-refractivity contribution in [3.63, 3.8) is 0 Å². The van der Waals surface area contributed by atoms with E-state index in [1.807, 2.05) is 0 Å². The van der Waals surface area contributed by atoms with Gasteiger partial charge in [-0.15, -0.1) is 0 Å². The number of anilines is 2. The minimum atomic E-state index is -0.691. The smallest absolute Gasteiger partial charge is 0.412 e. The van der Waals surface area contributed by atoms with Crippen molar-refractivity contribution in [1.29, 1.82) is 0 Å². The highest BCUT2D eigenvalue weighted by Crippen LogP contribution is 2.25. The Morgan fingerprint density at radius 3 is 2.55 bits per heavy atom. The zero-order valence-corrected chi connectivity index (χ0v) is 18.5. The third kappa shape index (κ3) is 5.44. The van der Waals surface area contributed by atoms with Crippen molar-refractivity contribution in [3.8, 4) is 0 Å². The summed E-state index contributed by atoms with van der Waals surface area (Å²) >= 11 is 11.1. The van der Waals surface area contributed by atoms with Gasteiger partial charge in [-0.3, -0.25) is 30.1 Å². The number of nitrogens with one attached hydrogen (secondary N) is 2. The predicted molar refractivity (Wildman–Crippen MR) is 122 cm³/mol. The molecule has 0 atom stereocenters. The Kier molecular flexibility index (Phi) is 6.37. The first-order valence-corrected chi connectivity index (χ1v) is 9.95. The Morgan fingerprint density at radius 2 is 1.90 bits per heavy atom. The van der Waals surface area contributed by atoms with Crippen LogP contribution >= 0.6 is 23.8 Å². The lowest BCUT2D eigenvalue weighted by Crippen LogP contribution is -2.54. The van der Waals surface area contributed by atoms with Gasteiger partial charge in [0.25, 0.3) is 11.8 Å². The minimum absolute atomic E-state index is 0.0484. The maximum Gasteiger partial charge on any atom is 0.412 e. The van der Waals surface area contributed by atoms with Gasteiger partial charge in [-0.1, -0.05) is 11.6 Å². The van der Waals surface area contributed by atoms with Gasteiger partial charge in [-0.05, 0) is 69.4 Å². The maximum absolute atomic E-state index is 13.1. The van der Waals surface area contributed by atoms with Crippen molar-refractivity contribution in [2.24, 2.45) is 0 Å². The summed E-state index contributed by atoms with van der Waals surface area (Å²) in [5.74, 6) is -1.28. The maximum atomic E-state index is 13.1. The molecular formula is C21H19ClN4O4S. The van der Waals surface area contributed by atoms with Crippen LogP contribution in [0.4, 0.5) is 16.2 Å². The molecule has 1 aliphatic heterocycles. The number of carbonyl (C=O) groups is 3. The predicted octanol–water partition coefficient (Wildman–Crippen LogP) is 3.91. The first-order chi connectivity index (χ1) is 14.5. The van der Waals surface area contributed by atoms with E-state index in [2.05, 4.69) is 15.6 Å². The number of rotatable bonds is 3. The number of benzene rings is 1. The quantitative estimate of drug-likeness (QED) is 0.411. The number of halogens is 1. The normalized spacial score (nSPS) is 15.7. The molecule has 1 aliphatic rings. The summed E-state index contributed by atoms with van der Waals surface area (Å²) in [6, 6.07) is 7.97. The van der Waals surface area contributed by atoms with Crippen LogP contribution in [0.5, 0.6) is 0 Å². The molecule has 3 amide bonds. The summed E-state index contributed by atoms with van der Waals surface area (Å²) in [6.45, 7) is 5.21. The molecule has 0 saturated carbocycles. The number of carbonyl (C=O) groups excluding carboxylic acids is 3. The molecule has 0 unspecified atom stereocenters. The number of aromatic nitrogens is 1. The van der Waals surface area contributed by atoms with Crippen LogP contribution in [0.1, 0.15) is 26.3 Å². The number of amides is 3. The van der Waals surface area contributed by atoms with E-state index < -0.39 is 23.5 Å². The van der Waals surface area contributed by atoms with Gasteiger partial charge in [-0.2, -0.15) is 0 Å². The molecule has 0 spiro atoms. The van der Waals surface area contributed by atoms with E-state index in [-0.39, 0.29) is 10.7 Å². The molecule has 2 aromatic rings. The molecule has 0 aliphatic carbocycles. The zero-order chi connectivity index (χ0) is 22.8. The fourth-order valence-corrected chi connectivity index (χ4v) is 3.09. The van der Waals surface area contributed by atoms with Crippen LogP contribution in [0.2, 0.25) is 5.02 Å². The Morgan fingerprint density at radius 1 is 1.23 bits per heavy atom. The van der Waals surface area contributed by atoms with Crippen LogP contribution in [-0.2, 0) is 14.3 Å². The van der Waals surface area contributed by atoms with E-state index in [4.69, 9.17) is 28.6 Å². The standard InChI is InChI=1S/C21H19ClN4O4S/c1-21(2,3)30-20(29)24-16-8-9-23-11-12(16)10-15-17(27)25-19(31)26(18(15)28)14-6-4-13(22)5-7-14/h4-11H,1-3H3,(H,23,24,29)(H,25,27,31). The van der Waals surface area contributed by atoms with Crippen molar-refractivity contribution in [2.45, 2.75) is 26.4 Å². The molecule has 3 rings (SSSR count). The van der Waals surface area contributed by atoms with Crippen LogP contribution in [0.3, 0.4) is 0 Å². The molecule has 31 heavy (non-hydrogen) atoms. The summed E-state index contributed by atoms with van der Waals surface area (Å²) in [4.78, 5) is 43.0. The Bertz CT molecular complexity index is 1090. The lowest BCUT2D eigenvalue weighted by Gasteiger charge is -2.29. The second kappa shape index (κ2) is 8.83. The monoisotopic (exact) mass is 458 g/mol. The Hall–Kier alpha value is -3.30. The van der Waals surface area contributed by atoms with Gasteiger partial charge < -0.3 is 4.74 Å². The van der Waals surface area contributed by atoms with Gasteiger partial charge in [0.2, 0.25) is 0 Å². The molecule has 1 aromatic heterocycles. The number of pyridine rings is 1. The largest absolute Gasteiger partial charge is 0.444 e. The molecule has 8 nitrogen and oxygen atoms in total. The number of nitrogens with zero attached hydrogens (tertiary/aromatic N) is 2.